The summed E-state index contributed by atoms with van der Waals surface area (Å²) < 4.78 is 43.1. The van der Waals surface area contributed by atoms with Gasteiger partial charge >= 0.3 is 6.18 Å². The number of nitrogens with one attached hydrogen (secondary N) is 1. The lowest BCUT2D eigenvalue weighted by atomic mass is 10.1. The molecule has 0 spiro atoms. The molecule has 1 N–H and O–H groups in total. The van der Waals surface area contributed by atoms with Crippen LogP contribution in [0, 0.1) is 6.92 Å². The van der Waals surface area contributed by atoms with Crippen molar-refractivity contribution in [2.75, 3.05) is 0 Å². The zero-order chi connectivity index (χ0) is 18.7. The third-order valence-electron chi connectivity index (χ3n) is 3.67. The minimum absolute atomic E-state index is 0.000121. The monoisotopic (exact) mass is 361 g/mol. The summed E-state index contributed by atoms with van der Waals surface area (Å²) in [5.74, 6) is -0.115. The highest BCUT2D eigenvalue weighted by atomic mass is 19.4. The molecule has 0 atom stereocenters. The maximum atomic E-state index is 12.6. The highest BCUT2D eigenvalue weighted by molar-refractivity contribution is 5.95. The molecule has 0 fully saturated rings. The van der Waals surface area contributed by atoms with Crippen molar-refractivity contribution >= 4 is 5.91 Å². The Morgan fingerprint density at radius 1 is 1.15 bits per heavy atom. The third-order valence-corrected chi connectivity index (χ3v) is 3.67. The van der Waals surface area contributed by atoms with Crippen LogP contribution in [0.2, 0.25) is 0 Å². The molecule has 0 aliphatic rings. The average Bonchev–Trinajstić information content (AvgIpc) is 3.08. The molecule has 0 aliphatic heterocycles. The lowest BCUT2D eigenvalue weighted by molar-refractivity contribution is -0.141. The largest absolute Gasteiger partial charge is 0.433 e. The molecule has 134 valence electrons. The predicted molar refractivity (Wildman–Crippen MR) is 87.1 cm³/mol. The van der Waals surface area contributed by atoms with Crippen LogP contribution in [0.3, 0.4) is 0 Å². The quantitative estimate of drug-likeness (QED) is 0.763. The first-order valence-electron chi connectivity index (χ1n) is 7.68. The van der Waals surface area contributed by atoms with Gasteiger partial charge in [-0.3, -0.25) is 4.79 Å². The zero-order valence-corrected chi connectivity index (χ0v) is 13.7. The Balaban J connectivity index is 1.67. The topological polar surface area (TPSA) is 68.0 Å². The van der Waals surface area contributed by atoms with Gasteiger partial charge in [-0.15, -0.1) is 0 Å². The number of nitrogens with zero attached hydrogens (tertiary/aromatic N) is 2. The number of aryl methyl sites for hydroxylation is 1. The molecule has 0 bridgehead atoms. The summed E-state index contributed by atoms with van der Waals surface area (Å²) in [6, 6.07) is 12.9. The van der Waals surface area contributed by atoms with Crippen LogP contribution in [-0.4, -0.2) is 16.0 Å². The molecule has 1 amide bonds. The lowest BCUT2D eigenvalue weighted by Gasteiger charge is -2.09. The maximum absolute atomic E-state index is 12.6. The van der Waals surface area contributed by atoms with Gasteiger partial charge in [0.1, 0.15) is 11.4 Å². The van der Waals surface area contributed by atoms with Gasteiger partial charge in [0.2, 0.25) is 0 Å². The molecule has 2 heterocycles. The standard InChI is InChI=1S/C18H14F3N3O2/c1-11-14(7-8-16(23-11)18(19,20)21)17(25)22-10-13-9-15(24-26-13)12-5-3-2-4-6-12/h2-9H,10H2,1H3,(H,22,25). The van der Waals surface area contributed by atoms with E-state index in [1.807, 2.05) is 30.3 Å². The van der Waals surface area contributed by atoms with E-state index < -0.39 is 17.8 Å². The number of rotatable bonds is 4. The molecule has 5 nitrogen and oxygen atoms in total. The Morgan fingerprint density at radius 2 is 1.88 bits per heavy atom. The Morgan fingerprint density at radius 3 is 2.54 bits per heavy atom. The van der Waals surface area contributed by atoms with Crippen molar-refractivity contribution in [3.8, 4) is 11.3 Å². The minimum Gasteiger partial charge on any atom is -0.359 e. The predicted octanol–water partition coefficient (Wildman–Crippen LogP) is 3.99. The van der Waals surface area contributed by atoms with Gasteiger partial charge in [-0.2, -0.15) is 13.2 Å². The molecule has 1 aromatic carbocycles. The number of pyridine rings is 1. The van der Waals surface area contributed by atoms with Crippen molar-refractivity contribution in [3.63, 3.8) is 0 Å². The fourth-order valence-corrected chi connectivity index (χ4v) is 2.36. The van der Waals surface area contributed by atoms with Crippen LogP contribution in [0.15, 0.2) is 53.1 Å². The number of benzene rings is 1. The van der Waals surface area contributed by atoms with E-state index in [1.54, 1.807) is 6.07 Å². The Hall–Kier alpha value is -3.16. The number of alkyl halides is 3. The van der Waals surface area contributed by atoms with Gasteiger partial charge in [0.05, 0.1) is 17.8 Å². The van der Waals surface area contributed by atoms with Crippen molar-refractivity contribution in [1.29, 1.82) is 0 Å². The second-order valence-corrected chi connectivity index (χ2v) is 5.55. The van der Waals surface area contributed by atoms with E-state index in [4.69, 9.17) is 4.52 Å². The summed E-state index contributed by atoms with van der Waals surface area (Å²) in [6.45, 7) is 1.41. The molecule has 3 rings (SSSR count). The van der Waals surface area contributed by atoms with Crippen LogP contribution in [0.5, 0.6) is 0 Å². The van der Waals surface area contributed by atoms with Gasteiger partial charge in [-0.25, -0.2) is 4.98 Å². The van der Waals surface area contributed by atoms with Crippen molar-refractivity contribution in [2.45, 2.75) is 19.6 Å². The van der Waals surface area contributed by atoms with E-state index >= 15 is 0 Å². The molecular formula is C18H14F3N3O2. The van der Waals surface area contributed by atoms with Gasteiger partial charge in [0, 0.05) is 11.6 Å². The SMILES string of the molecule is Cc1nc(C(F)(F)F)ccc1C(=O)NCc1cc(-c2ccccc2)no1. The number of aromatic nitrogens is 2. The van der Waals surface area contributed by atoms with Crippen LogP contribution in [0.1, 0.15) is 27.5 Å². The average molecular weight is 361 g/mol. The fourth-order valence-electron chi connectivity index (χ4n) is 2.36. The van der Waals surface area contributed by atoms with Crippen LogP contribution >= 0.6 is 0 Å². The summed E-state index contributed by atoms with van der Waals surface area (Å²) in [5, 5.41) is 6.51. The normalized spacial score (nSPS) is 11.4. The fraction of sp³-hybridized carbons (Fsp3) is 0.167. The summed E-state index contributed by atoms with van der Waals surface area (Å²) in [4.78, 5) is 15.6. The number of halogens is 3. The number of carbonyl (C=O) groups excluding carboxylic acids is 1. The number of hydrogen-bond donors (Lipinski definition) is 1. The molecule has 0 saturated heterocycles. The van der Waals surface area contributed by atoms with Crippen molar-refractivity contribution in [1.82, 2.24) is 15.5 Å². The van der Waals surface area contributed by atoms with Crippen LogP contribution in [-0.2, 0) is 12.7 Å². The van der Waals surface area contributed by atoms with Crippen LogP contribution < -0.4 is 5.32 Å². The number of hydrogen-bond acceptors (Lipinski definition) is 4. The summed E-state index contributed by atoms with van der Waals surface area (Å²) in [7, 11) is 0. The molecule has 8 heteroatoms. The Bertz CT molecular complexity index is 921. The number of carbonyl (C=O) groups is 1. The van der Waals surface area contributed by atoms with Crippen molar-refractivity contribution in [2.24, 2.45) is 0 Å². The molecule has 0 radical (unpaired) electrons. The molecule has 3 aromatic rings. The molecular weight excluding hydrogens is 347 g/mol. The second-order valence-electron chi connectivity index (χ2n) is 5.55. The maximum Gasteiger partial charge on any atom is 0.433 e. The smallest absolute Gasteiger partial charge is 0.359 e. The van der Waals surface area contributed by atoms with Crippen molar-refractivity contribution < 1.29 is 22.5 Å². The van der Waals surface area contributed by atoms with E-state index in [9.17, 15) is 18.0 Å². The van der Waals surface area contributed by atoms with E-state index in [0.717, 1.165) is 17.7 Å². The number of amides is 1. The Kier molecular flexibility index (Phi) is 4.75. The molecule has 26 heavy (non-hydrogen) atoms. The van der Waals surface area contributed by atoms with E-state index in [2.05, 4.69) is 15.5 Å². The van der Waals surface area contributed by atoms with Gasteiger partial charge in [-0.1, -0.05) is 35.5 Å². The van der Waals surface area contributed by atoms with E-state index in [-0.39, 0.29) is 17.8 Å². The molecule has 2 aromatic heterocycles. The van der Waals surface area contributed by atoms with E-state index in [0.29, 0.717) is 11.5 Å². The van der Waals surface area contributed by atoms with Gasteiger partial charge < -0.3 is 9.84 Å². The Labute approximate surface area is 146 Å². The molecule has 0 aliphatic carbocycles. The highest BCUT2D eigenvalue weighted by Crippen LogP contribution is 2.28. The van der Waals surface area contributed by atoms with Crippen molar-refractivity contribution in [3.05, 3.63) is 71.2 Å². The third kappa shape index (κ3) is 3.90. The second kappa shape index (κ2) is 6.99. The lowest BCUT2D eigenvalue weighted by Crippen LogP contribution is -2.24. The van der Waals surface area contributed by atoms with Crippen LogP contribution in [0.4, 0.5) is 13.2 Å². The zero-order valence-electron chi connectivity index (χ0n) is 13.7. The highest BCUT2D eigenvalue weighted by Gasteiger charge is 2.33. The summed E-state index contributed by atoms with van der Waals surface area (Å²) >= 11 is 0. The first-order chi connectivity index (χ1) is 12.3. The van der Waals surface area contributed by atoms with Crippen LogP contribution in [0.25, 0.3) is 11.3 Å². The van der Waals surface area contributed by atoms with E-state index in [1.165, 1.54) is 6.92 Å². The first kappa shape index (κ1) is 17.7. The van der Waals surface area contributed by atoms with Gasteiger partial charge in [0.15, 0.2) is 5.76 Å². The van der Waals surface area contributed by atoms with Gasteiger partial charge in [-0.05, 0) is 19.1 Å². The summed E-state index contributed by atoms with van der Waals surface area (Å²) in [5.41, 5.74) is 0.536. The molecule has 0 unspecified atom stereocenters. The molecule has 0 saturated carbocycles. The summed E-state index contributed by atoms with van der Waals surface area (Å²) in [6.07, 6.45) is -4.55. The van der Waals surface area contributed by atoms with Gasteiger partial charge in [0.25, 0.3) is 5.91 Å². The first-order valence-corrected chi connectivity index (χ1v) is 7.68. The minimum atomic E-state index is -4.55.